The number of rotatable bonds is 43. The van der Waals surface area contributed by atoms with E-state index in [0.29, 0.717) is 30.6 Å². The van der Waals surface area contributed by atoms with E-state index in [1.54, 1.807) is 24.3 Å². The molecule has 1 saturated heterocycles. The zero-order valence-electron chi connectivity index (χ0n) is 48.7. The van der Waals surface area contributed by atoms with Crippen molar-refractivity contribution in [1.29, 1.82) is 0 Å². The molecule has 0 saturated carbocycles. The number of aryl methyl sites for hydroxylation is 1. The van der Waals surface area contributed by atoms with E-state index in [0.717, 1.165) is 90.0 Å². The number of fused-ring (bicyclic) bond motifs is 1. The fraction of sp³-hybridized carbons (Fsp3) is 0.627. The number of esters is 4. The van der Waals surface area contributed by atoms with Crippen molar-refractivity contribution < 1.29 is 47.7 Å². The molecule has 0 bridgehead atoms. The van der Waals surface area contributed by atoms with Gasteiger partial charge in [0.1, 0.15) is 37.7 Å². The average Bonchev–Trinajstić information content (AvgIpc) is 3.94. The van der Waals surface area contributed by atoms with Crippen LogP contribution in [0.5, 0.6) is 11.5 Å². The van der Waals surface area contributed by atoms with E-state index in [2.05, 4.69) is 24.8 Å². The van der Waals surface area contributed by atoms with Crippen LogP contribution >= 0.6 is 11.3 Å². The number of ketones is 1. The molecule has 1 aliphatic rings. The van der Waals surface area contributed by atoms with Gasteiger partial charge in [0.05, 0.1) is 0 Å². The number of ether oxygens (including phenoxy) is 5. The van der Waals surface area contributed by atoms with E-state index in [-0.39, 0.29) is 37.6 Å². The summed E-state index contributed by atoms with van der Waals surface area (Å²) in [5.41, 5.74) is 3.00. The number of carbonyl (C=O) groups excluding carboxylic acids is 5. The maximum atomic E-state index is 14.3. The van der Waals surface area contributed by atoms with Crippen LogP contribution in [0.2, 0.25) is 0 Å². The van der Waals surface area contributed by atoms with Crippen LogP contribution < -0.4 is 9.47 Å². The number of benzene rings is 3. The van der Waals surface area contributed by atoms with Gasteiger partial charge in [-0.05, 0) is 111 Å². The fourth-order valence-electron chi connectivity index (χ4n) is 10.3. The monoisotopic (exact) mass is 1110 g/mol. The molecule has 0 atom stereocenters. The van der Waals surface area contributed by atoms with Gasteiger partial charge in [-0.2, -0.15) is 0 Å². The summed E-state index contributed by atoms with van der Waals surface area (Å²) in [7, 11) is 0. The lowest BCUT2D eigenvalue weighted by Crippen LogP contribution is -2.33. The Morgan fingerprint density at radius 1 is 0.532 bits per heavy atom. The first-order chi connectivity index (χ1) is 38.6. The van der Waals surface area contributed by atoms with E-state index < -0.39 is 36.4 Å². The van der Waals surface area contributed by atoms with E-state index in [1.807, 2.05) is 43.3 Å². The van der Waals surface area contributed by atoms with Crippen molar-refractivity contribution in [3.63, 3.8) is 0 Å². The molecule has 1 fully saturated rings. The number of unbranched alkanes of at least 4 members (excludes halogenated alkanes) is 24. The third-order valence-corrected chi connectivity index (χ3v) is 16.3. The highest BCUT2D eigenvalue weighted by atomic mass is 32.1. The molecule has 2 heterocycles. The maximum Gasteiger partial charge on any atom is 0.322 e. The Balaban J connectivity index is 1.09. The van der Waals surface area contributed by atoms with Crippen molar-refractivity contribution in [2.24, 2.45) is 0 Å². The highest BCUT2D eigenvalue weighted by molar-refractivity contribution is 7.22. The highest BCUT2D eigenvalue weighted by Gasteiger charge is 2.24. The molecule has 1 aliphatic heterocycles. The molecule has 0 aliphatic carbocycles. The summed E-state index contributed by atoms with van der Waals surface area (Å²) in [6.07, 6.45) is 33.6. The van der Waals surface area contributed by atoms with Crippen LogP contribution in [0, 0.1) is 6.92 Å². The predicted octanol–water partition coefficient (Wildman–Crippen LogP) is 17.2. The summed E-state index contributed by atoms with van der Waals surface area (Å²) in [6.45, 7) is 9.62. The van der Waals surface area contributed by atoms with Crippen molar-refractivity contribution in [3.05, 3.63) is 83.4 Å². The van der Waals surface area contributed by atoms with Gasteiger partial charge in [-0.15, -0.1) is 11.3 Å². The van der Waals surface area contributed by atoms with Gasteiger partial charge in [0.2, 0.25) is 0 Å². The molecule has 79 heavy (non-hydrogen) atoms. The van der Waals surface area contributed by atoms with Gasteiger partial charge >= 0.3 is 23.9 Å². The molecule has 5 rings (SSSR count). The third-order valence-electron chi connectivity index (χ3n) is 15.1. The number of piperidine rings is 1. The number of nitrogens with zero attached hydrogens (tertiary/aromatic N) is 1. The molecule has 0 N–H and O–H groups in total. The van der Waals surface area contributed by atoms with Crippen molar-refractivity contribution in [2.75, 3.05) is 39.5 Å². The summed E-state index contributed by atoms with van der Waals surface area (Å²) in [4.78, 5) is 69.5. The quantitative estimate of drug-likeness (QED) is 0.0105. The largest absolute Gasteiger partial charge is 0.492 e. The van der Waals surface area contributed by atoms with E-state index >= 15 is 0 Å². The molecule has 1 aromatic heterocycles. The normalized spacial score (nSPS) is 12.7. The zero-order chi connectivity index (χ0) is 56.1. The van der Waals surface area contributed by atoms with Crippen LogP contribution in [0.4, 0.5) is 0 Å². The Kier molecular flexibility index (Phi) is 32.2. The lowest BCUT2D eigenvalue weighted by molar-refractivity contribution is -0.168. The van der Waals surface area contributed by atoms with Gasteiger partial charge in [-0.1, -0.05) is 187 Å². The standard InChI is InChI=1S/C67H97NO10S/c1-4-6-8-10-12-14-16-18-20-22-24-26-29-33-61(69)75-51-58(52-76-62(70)34-30-27-25-23-21-19-17-15-13-11-9-7-5-2)78-64(72)50-63(71)77-57-42-38-55(39-43-57)67-65(59-44-35-53(3)49-60(59)79-67)66(73)54-36-40-56(41-37-54)74-48-47-68-45-31-28-32-46-68/h35-44,49,58H,4-34,45-48,50-52H2,1-3H3. The Morgan fingerprint density at radius 3 is 1.52 bits per heavy atom. The smallest absolute Gasteiger partial charge is 0.322 e. The summed E-state index contributed by atoms with van der Waals surface area (Å²) >= 11 is 1.53. The summed E-state index contributed by atoms with van der Waals surface area (Å²) in [5, 5.41) is 0.860. The molecule has 12 heteroatoms. The van der Waals surface area contributed by atoms with Crippen molar-refractivity contribution in [3.8, 4) is 21.9 Å². The molecule has 0 spiro atoms. The fourth-order valence-corrected chi connectivity index (χ4v) is 11.7. The van der Waals surface area contributed by atoms with Gasteiger partial charge in [0.15, 0.2) is 11.9 Å². The molecule has 436 valence electrons. The third kappa shape index (κ3) is 26.4. The lowest BCUT2D eigenvalue weighted by atomic mass is 9.97. The van der Waals surface area contributed by atoms with Crippen LogP contribution in [-0.2, 0) is 33.4 Å². The number of hydrogen-bond donors (Lipinski definition) is 0. The highest BCUT2D eigenvalue weighted by Crippen LogP contribution is 2.41. The molecule has 0 amide bonds. The van der Waals surface area contributed by atoms with E-state index in [9.17, 15) is 24.0 Å². The van der Waals surface area contributed by atoms with Crippen molar-refractivity contribution in [1.82, 2.24) is 4.90 Å². The Labute approximate surface area is 478 Å². The summed E-state index contributed by atoms with van der Waals surface area (Å²) < 4.78 is 29.3. The van der Waals surface area contributed by atoms with Gasteiger partial charge in [-0.25, -0.2) is 0 Å². The maximum absolute atomic E-state index is 14.3. The van der Waals surface area contributed by atoms with Crippen LogP contribution in [0.25, 0.3) is 20.5 Å². The van der Waals surface area contributed by atoms with Gasteiger partial charge in [-0.3, -0.25) is 28.9 Å². The Bertz CT molecular complexity index is 2310. The number of likely N-dealkylation sites (tertiary alicyclic amines) is 1. The molecule has 0 unspecified atom stereocenters. The second kappa shape index (κ2) is 39.3. The lowest BCUT2D eigenvalue weighted by Gasteiger charge is -2.26. The summed E-state index contributed by atoms with van der Waals surface area (Å²) in [5.74, 6) is -1.73. The minimum Gasteiger partial charge on any atom is -0.492 e. The first-order valence-corrected chi connectivity index (χ1v) is 31.8. The number of hydrogen-bond acceptors (Lipinski definition) is 12. The number of carbonyl (C=O) groups is 5. The molecule has 4 aromatic rings. The van der Waals surface area contributed by atoms with Crippen LogP contribution in [0.1, 0.15) is 241 Å². The first-order valence-electron chi connectivity index (χ1n) is 31.0. The average molecular weight is 1110 g/mol. The molecule has 3 aromatic carbocycles. The summed E-state index contributed by atoms with van der Waals surface area (Å²) in [6, 6.07) is 20.3. The molecular formula is C67H97NO10S. The molecule has 0 radical (unpaired) electrons. The van der Waals surface area contributed by atoms with Gasteiger partial charge in [0.25, 0.3) is 0 Å². The van der Waals surface area contributed by atoms with Crippen LogP contribution in [-0.4, -0.2) is 80.1 Å². The predicted molar refractivity (Wildman–Crippen MR) is 320 cm³/mol. The van der Waals surface area contributed by atoms with Crippen molar-refractivity contribution in [2.45, 2.75) is 232 Å². The Hall–Kier alpha value is -5.07. The second-order valence-corrected chi connectivity index (χ2v) is 23.1. The first kappa shape index (κ1) is 64.7. The minimum absolute atomic E-state index is 0.105. The van der Waals surface area contributed by atoms with Gasteiger partial charge < -0.3 is 23.7 Å². The van der Waals surface area contributed by atoms with Crippen molar-refractivity contribution >= 4 is 51.1 Å². The number of thiophene rings is 1. The van der Waals surface area contributed by atoms with Gasteiger partial charge in [0, 0.05) is 45.5 Å². The van der Waals surface area contributed by atoms with Crippen LogP contribution in [0.15, 0.2) is 66.7 Å². The topological polar surface area (TPSA) is 135 Å². The zero-order valence-corrected chi connectivity index (χ0v) is 49.6. The van der Waals surface area contributed by atoms with Crippen LogP contribution in [0.3, 0.4) is 0 Å². The van der Waals surface area contributed by atoms with E-state index in [1.165, 1.54) is 146 Å². The van der Waals surface area contributed by atoms with E-state index in [4.69, 9.17) is 23.7 Å². The molecular weight excluding hydrogens is 1010 g/mol. The Morgan fingerprint density at radius 2 is 1.01 bits per heavy atom. The SMILES string of the molecule is CCCCCCCCCCCCCCCC(=O)OCC(COC(=O)CCCCCCCCCCCCCCC)OC(=O)CC(=O)Oc1ccc(-c2sc3cc(C)ccc3c2C(=O)c2ccc(OCCN3CCCCC3)cc2)cc1. The second-order valence-electron chi connectivity index (χ2n) is 22.0. The minimum atomic E-state index is -1.09. The molecule has 11 nitrogen and oxygen atoms in total.